The molecule has 0 aliphatic rings. The lowest BCUT2D eigenvalue weighted by Crippen LogP contribution is -2.52. The van der Waals surface area contributed by atoms with Gasteiger partial charge in [0.1, 0.15) is 6.04 Å². The molecule has 6 heteroatoms. The molecule has 0 aromatic rings. The maximum atomic E-state index is 11.7. The van der Waals surface area contributed by atoms with E-state index in [1.807, 2.05) is 20.8 Å². The van der Waals surface area contributed by atoms with Gasteiger partial charge < -0.3 is 21.5 Å². The predicted molar refractivity (Wildman–Crippen MR) is 65.3 cm³/mol. The zero-order valence-electron chi connectivity index (χ0n) is 10.7. The minimum atomic E-state index is -0.729. The van der Waals surface area contributed by atoms with Crippen molar-refractivity contribution in [2.24, 2.45) is 11.7 Å². The van der Waals surface area contributed by atoms with Crippen LogP contribution in [0.4, 0.5) is 4.79 Å². The van der Waals surface area contributed by atoms with Gasteiger partial charge in [0.25, 0.3) is 0 Å². The summed E-state index contributed by atoms with van der Waals surface area (Å²) in [6, 6.07) is -1.39. The van der Waals surface area contributed by atoms with Crippen LogP contribution in [0.25, 0.3) is 0 Å². The first-order valence-corrected chi connectivity index (χ1v) is 5.90. The van der Waals surface area contributed by atoms with Crippen molar-refractivity contribution in [3.8, 4) is 0 Å². The van der Waals surface area contributed by atoms with E-state index >= 15 is 0 Å². The first-order chi connectivity index (χ1) is 7.88. The number of carbonyl (C=O) groups is 2. The summed E-state index contributed by atoms with van der Waals surface area (Å²) in [6.45, 7) is 5.76. The molecule has 0 aromatic carbocycles. The predicted octanol–water partition coefficient (Wildman–Crippen LogP) is -0.0435. The summed E-state index contributed by atoms with van der Waals surface area (Å²) in [7, 11) is 0. The maximum Gasteiger partial charge on any atom is 0.312 e. The molecule has 0 saturated heterocycles. The molecule has 0 aliphatic heterocycles. The fraction of sp³-hybridized carbons (Fsp3) is 0.818. The number of aliphatic hydroxyl groups excluding tert-OH is 1. The van der Waals surface area contributed by atoms with Crippen LogP contribution in [0.3, 0.4) is 0 Å². The van der Waals surface area contributed by atoms with Crippen LogP contribution in [0.2, 0.25) is 0 Å². The van der Waals surface area contributed by atoms with E-state index in [1.54, 1.807) is 0 Å². The van der Waals surface area contributed by atoms with Crippen LogP contribution < -0.4 is 16.4 Å². The Hall–Kier alpha value is -1.30. The quantitative estimate of drug-likeness (QED) is 0.505. The van der Waals surface area contributed by atoms with E-state index in [0.717, 1.165) is 6.42 Å². The average molecular weight is 245 g/mol. The standard InChI is InChI=1S/C11H23N3O3/c1-4-5-8(15)6-13-10(16)9(7(2)3)14-11(12)17/h7-9,15H,4-6H2,1-3H3,(H,13,16)(H3,12,14,17). The minimum absolute atomic E-state index is 0.0641. The smallest absolute Gasteiger partial charge is 0.312 e. The highest BCUT2D eigenvalue weighted by Crippen LogP contribution is 2.02. The molecule has 0 bridgehead atoms. The number of hydrogen-bond donors (Lipinski definition) is 4. The summed E-state index contributed by atoms with van der Waals surface area (Å²) in [5, 5.41) is 14.4. The number of nitrogens with one attached hydrogen (secondary N) is 2. The SMILES string of the molecule is CCCC(O)CNC(=O)C(NC(N)=O)C(C)C. The monoisotopic (exact) mass is 245 g/mol. The van der Waals surface area contributed by atoms with Crippen molar-refractivity contribution in [1.82, 2.24) is 10.6 Å². The van der Waals surface area contributed by atoms with Crippen molar-refractivity contribution in [3.05, 3.63) is 0 Å². The largest absolute Gasteiger partial charge is 0.391 e. The number of primary amides is 1. The molecule has 2 atom stereocenters. The van der Waals surface area contributed by atoms with Crippen molar-refractivity contribution in [2.45, 2.75) is 45.8 Å². The number of amides is 3. The molecule has 0 heterocycles. The van der Waals surface area contributed by atoms with Gasteiger partial charge in [-0.3, -0.25) is 4.79 Å². The van der Waals surface area contributed by atoms with Crippen LogP contribution in [-0.2, 0) is 4.79 Å². The molecule has 5 N–H and O–H groups in total. The molecule has 6 nitrogen and oxygen atoms in total. The molecular weight excluding hydrogens is 222 g/mol. The number of carbonyl (C=O) groups excluding carboxylic acids is 2. The second-order valence-corrected chi connectivity index (χ2v) is 4.42. The highest BCUT2D eigenvalue weighted by molar-refractivity contribution is 5.86. The number of urea groups is 1. The van der Waals surface area contributed by atoms with Crippen LogP contribution in [0.5, 0.6) is 0 Å². The molecule has 0 rings (SSSR count). The lowest BCUT2D eigenvalue weighted by molar-refractivity contribution is -0.124. The fourth-order valence-electron chi connectivity index (χ4n) is 1.45. The van der Waals surface area contributed by atoms with Crippen molar-refractivity contribution < 1.29 is 14.7 Å². The summed E-state index contributed by atoms with van der Waals surface area (Å²) >= 11 is 0. The Labute approximate surface area is 102 Å². The Bertz CT molecular complexity index is 256. The Kier molecular flexibility index (Phi) is 7.29. The second-order valence-electron chi connectivity index (χ2n) is 4.42. The van der Waals surface area contributed by atoms with Gasteiger partial charge in [-0.2, -0.15) is 0 Å². The van der Waals surface area contributed by atoms with Gasteiger partial charge in [-0.15, -0.1) is 0 Å². The third-order valence-electron chi connectivity index (χ3n) is 2.38. The van der Waals surface area contributed by atoms with Gasteiger partial charge in [0, 0.05) is 6.54 Å². The van der Waals surface area contributed by atoms with E-state index in [-0.39, 0.29) is 18.4 Å². The van der Waals surface area contributed by atoms with E-state index in [9.17, 15) is 14.7 Å². The minimum Gasteiger partial charge on any atom is -0.391 e. The molecule has 2 unspecified atom stereocenters. The highest BCUT2D eigenvalue weighted by Gasteiger charge is 2.23. The van der Waals surface area contributed by atoms with Gasteiger partial charge in [-0.1, -0.05) is 27.2 Å². The third kappa shape index (κ3) is 6.78. The molecule has 17 heavy (non-hydrogen) atoms. The van der Waals surface area contributed by atoms with Gasteiger partial charge in [0.2, 0.25) is 5.91 Å². The van der Waals surface area contributed by atoms with E-state index in [1.165, 1.54) is 0 Å². The molecule has 0 radical (unpaired) electrons. The van der Waals surface area contributed by atoms with Crippen LogP contribution in [-0.4, -0.2) is 35.7 Å². The second kappa shape index (κ2) is 7.89. The Morgan fingerprint density at radius 3 is 2.35 bits per heavy atom. The fourth-order valence-corrected chi connectivity index (χ4v) is 1.45. The zero-order valence-corrected chi connectivity index (χ0v) is 10.7. The average Bonchev–Trinajstić information content (AvgIpc) is 2.22. The summed E-state index contributed by atoms with van der Waals surface area (Å²) in [4.78, 5) is 22.5. The molecule has 0 aromatic heterocycles. The molecule has 100 valence electrons. The van der Waals surface area contributed by atoms with Crippen LogP contribution in [0.15, 0.2) is 0 Å². The summed E-state index contributed by atoms with van der Waals surface area (Å²) < 4.78 is 0. The van der Waals surface area contributed by atoms with Gasteiger partial charge in [-0.05, 0) is 12.3 Å². The molecule has 0 spiro atoms. The van der Waals surface area contributed by atoms with Crippen molar-refractivity contribution in [2.75, 3.05) is 6.54 Å². The van der Waals surface area contributed by atoms with E-state index in [2.05, 4.69) is 10.6 Å². The zero-order chi connectivity index (χ0) is 13.4. The van der Waals surface area contributed by atoms with Crippen molar-refractivity contribution in [3.63, 3.8) is 0 Å². The summed E-state index contributed by atoms with van der Waals surface area (Å²) in [5.74, 6) is -0.389. The van der Waals surface area contributed by atoms with Crippen LogP contribution in [0, 0.1) is 5.92 Å². The summed E-state index contributed by atoms with van der Waals surface area (Å²) in [5.41, 5.74) is 4.99. The number of aliphatic hydroxyl groups is 1. The van der Waals surface area contributed by atoms with Gasteiger partial charge >= 0.3 is 6.03 Å². The highest BCUT2D eigenvalue weighted by atomic mass is 16.3. The molecule has 0 saturated carbocycles. The first kappa shape index (κ1) is 15.7. The molecule has 3 amide bonds. The van der Waals surface area contributed by atoms with Gasteiger partial charge in [0.05, 0.1) is 6.10 Å². The Balaban J connectivity index is 4.19. The van der Waals surface area contributed by atoms with Crippen molar-refractivity contribution >= 4 is 11.9 Å². The van der Waals surface area contributed by atoms with Crippen LogP contribution >= 0.6 is 0 Å². The lowest BCUT2D eigenvalue weighted by Gasteiger charge is -2.21. The molecule has 0 fully saturated rings. The van der Waals surface area contributed by atoms with E-state index in [4.69, 9.17) is 5.73 Å². The van der Waals surface area contributed by atoms with E-state index < -0.39 is 18.2 Å². The lowest BCUT2D eigenvalue weighted by atomic mass is 10.0. The van der Waals surface area contributed by atoms with Gasteiger partial charge in [0.15, 0.2) is 0 Å². The van der Waals surface area contributed by atoms with E-state index in [0.29, 0.717) is 6.42 Å². The third-order valence-corrected chi connectivity index (χ3v) is 2.38. The van der Waals surface area contributed by atoms with Crippen molar-refractivity contribution in [1.29, 1.82) is 0 Å². The maximum absolute atomic E-state index is 11.7. The Morgan fingerprint density at radius 2 is 1.94 bits per heavy atom. The Morgan fingerprint density at radius 1 is 1.35 bits per heavy atom. The number of nitrogens with two attached hydrogens (primary N) is 1. The number of hydrogen-bond acceptors (Lipinski definition) is 3. The first-order valence-electron chi connectivity index (χ1n) is 5.90. The topological polar surface area (TPSA) is 104 Å². The van der Waals surface area contributed by atoms with Crippen LogP contribution in [0.1, 0.15) is 33.6 Å². The normalized spacial score (nSPS) is 14.2. The summed E-state index contributed by atoms with van der Waals surface area (Å²) in [6.07, 6.45) is 0.936. The van der Waals surface area contributed by atoms with Gasteiger partial charge in [-0.25, -0.2) is 4.79 Å². The molecule has 0 aliphatic carbocycles. The number of rotatable bonds is 7. The molecular formula is C11H23N3O3.